The van der Waals surface area contributed by atoms with E-state index in [0.29, 0.717) is 30.6 Å². The van der Waals surface area contributed by atoms with Crippen molar-refractivity contribution in [1.82, 2.24) is 0 Å². The van der Waals surface area contributed by atoms with Crippen molar-refractivity contribution in [3.05, 3.63) is 141 Å². The number of carbonyl (C=O) groups excluding carboxylic acids is 3. The summed E-state index contributed by atoms with van der Waals surface area (Å²) in [5.74, 6) is -2.61. The number of ketones is 2. The number of carbonyl (C=O) groups is 3. The second-order valence-corrected chi connectivity index (χ2v) is 19.1. The highest BCUT2D eigenvalue weighted by atomic mass is 31.2. The van der Waals surface area contributed by atoms with E-state index < -0.39 is 53.0 Å². The average Bonchev–Trinajstić information content (AvgIpc) is 3.45. The molecule has 0 amide bonds. The molecule has 0 saturated heterocycles. The SMILES string of the molecule is CCOP(O)OC1CC(C)(C)C(/C=C/C(C)=C/C=C/C(C)=C/C=C/C=C(C)/C=C/C=C(C)/C=C/C2=C(C)C(=O)C(OP(OC)OCCC3OC(=O)C(O)=C3O)CC2(C)C)=C(C)C1=O. The zero-order valence-corrected chi connectivity index (χ0v) is 40.5. The van der Waals surface area contributed by atoms with Crippen LogP contribution in [0.25, 0.3) is 0 Å². The molecule has 1 aliphatic heterocycles. The highest BCUT2D eigenvalue weighted by Crippen LogP contribution is 2.48. The van der Waals surface area contributed by atoms with Gasteiger partial charge in [0.25, 0.3) is 0 Å². The summed E-state index contributed by atoms with van der Waals surface area (Å²) in [7, 11) is -2.58. The minimum absolute atomic E-state index is 0.00291. The molecule has 0 bridgehead atoms. The van der Waals surface area contributed by atoms with E-state index in [0.717, 1.165) is 33.4 Å². The molecule has 0 saturated carbocycles. The lowest BCUT2D eigenvalue weighted by Crippen LogP contribution is -2.37. The number of hydrogen-bond acceptors (Lipinski definition) is 12. The van der Waals surface area contributed by atoms with Gasteiger partial charge in [-0.25, -0.2) is 4.79 Å². The van der Waals surface area contributed by atoms with Gasteiger partial charge in [-0.1, -0.05) is 135 Å². The largest absolute Gasteiger partial charge is 0.505 e. The Morgan fingerprint density at radius 3 is 1.59 bits per heavy atom. The Balaban J connectivity index is 1.52. The fraction of sp³-hybridized carbons (Fsp3) is 0.449. The van der Waals surface area contributed by atoms with E-state index in [2.05, 4.69) is 27.7 Å². The Morgan fingerprint density at radius 1 is 0.714 bits per heavy atom. The summed E-state index contributed by atoms with van der Waals surface area (Å²) >= 11 is 0. The molecule has 5 atom stereocenters. The standard InChI is InChI=1S/C49H66O12P2/c1-13-57-62(55)60-41-30-48(8,9)38(36(6)43(41)50)26-24-34(4)22-16-20-32(2)18-14-15-19-33(3)21-17-23-35(5)25-27-39-37(7)44(51)42(31-49(39,10)11)61-63(56-12)58-29-28-40-45(52)46(53)47(54)59-40/h14-27,40-42,52-53,55H,13,28-31H2,1-12H3/b15-14+,20-16+,21-17+,26-24+,27-25+,32-18+,33-19+,34-22+,35-23+. The third-order valence-corrected chi connectivity index (χ3v) is 12.7. The molecule has 3 rings (SSSR count). The number of allylic oxidation sites excluding steroid dienone is 20. The van der Waals surface area contributed by atoms with Crippen LogP contribution in [-0.4, -0.2) is 71.3 Å². The van der Waals surface area contributed by atoms with Crippen molar-refractivity contribution in [2.24, 2.45) is 10.8 Å². The van der Waals surface area contributed by atoms with Gasteiger partial charge in [0, 0.05) is 13.5 Å². The second kappa shape index (κ2) is 24.8. The zero-order valence-electron chi connectivity index (χ0n) is 38.8. The van der Waals surface area contributed by atoms with Gasteiger partial charge < -0.3 is 42.5 Å². The van der Waals surface area contributed by atoms with Gasteiger partial charge in [-0.2, -0.15) is 0 Å². The quantitative estimate of drug-likeness (QED) is 0.0567. The van der Waals surface area contributed by atoms with Gasteiger partial charge in [-0.15, -0.1) is 0 Å². The van der Waals surface area contributed by atoms with Gasteiger partial charge in [0.05, 0.1) is 13.2 Å². The molecule has 0 radical (unpaired) electrons. The van der Waals surface area contributed by atoms with Crippen LogP contribution in [0.15, 0.2) is 141 Å². The van der Waals surface area contributed by atoms with Gasteiger partial charge in [-0.3, -0.25) is 9.59 Å². The number of ether oxygens (including phenoxy) is 1. The first-order chi connectivity index (χ1) is 29.6. The first-order valence-corrected chi connectivity index (χ1v) is 23.2. The number of Topliss-reactive ketones (excluding diaryl/α,β-unsaturated/α-hetero) is 2. The molecular formula is C49H66O12P2. The molecule has 0 fully saturated rings. The molecule has 3 N–H and O–H groups in total. The maximum Gasteiger partial charge on any atom is 0.377 e. The predicted molar refractivity (Wildman–Crippen MR) is 250 cm³/mol. The van der Waals surface area contributed by atoms with Crippen LogP contribution in [0.1, 0.15) is 95.4 Å². The van der Waals surface area contributed by atoms with Crippen LogP contribution in [0, 0.1) is 10.8 Å². The van der Waals surface area contributed by atoms with Crippen LogP contribution in [-0.2, 0) is 41.7 Å². The normalized spacial score (nSPS) is 24.2. The summed E-state index contributed by atoms with van der Waals surface area (Å²) in [5.41, 5.74) is 6.63. The zero-order chi connectivity index (χ0) is 47.1. The first kappa shape index (κ1) is 53.2. The molecule has 5 unspecified atom stereocenters. The number of aliphatic hydroxyl groups is 2. The topological polar surface area (TPSA) is 167 Å². The van der Waals surface area contributed by atoms with E-state index in [1.807, 2.05) is 120 Å². The lowest BCUT2D eigenvalue weighted by molar-refractivity contribution is -0.142. The molecule has 63 heavy (non-hydrogen) atoms. The predicted octanol–water partition coefficient (Wildman–Crippen LogP) is 11.7. The molecule has 344 valence electrons. The second-order valence-electron chi connectivity index (χ2n) is 16.9. The minimum Gasteiger partial charge on any atom is -0.505 e. The monoisotopic (exact) mass is 908 g/mol. The van der Waals surface area contributed by atoms with Crippen LogP contribution < -0.4 is 0 Å². The van der Waals surface area contributed by atoms with E-state index >= 15 is 0 Å². The molecule has 12 nitrogen and oxygen atoms in total. The van der Waals surface area contributed by atoms with Gasteiger partial charge in [0.1, 0.15) is 12.2 Å². The Labute approximate surface area is 376 Å². The Morgan fingerprint density at radius 2 is 1.16 bits per heavy atom. The number of hydrogen-bond donors (Lipinski definition) is 3. The summed E-state index contributed by atoms with van der Waals surface area (Å²) in [6.45, 7) is 22.0. The van der Waals surface area contributed by atoms with Crippen molar-refractivity contribution < 1.29 is 56.8 Å². The van der Waals surface area contributed by atoms with Crippen molar-refractivity contribution in [1.29, 1.82) is 0 Å². The number of esters is 1. The minimum atomic E-state index is -2.08. The average molecular weight is 909 g/mol. The fourth-order valence-corrected chi connectivity index (χ4v) is 8.70. The molecule has 0 aromatic carbocycles. The maximum absolute atomic E-state index is 13.4. The van der Waals surface area contributed by atoms with E-state index in [1.165, 1.54) is 7.11 Å². The summed E-state index contributed by atoms with van der Waals surface area (Å²) in [4.78, 5) is 47.8. The summed E-state index contributed by atoms with van der Waals surface area (Å²) in [5, 5.41) is 19.3. The lowest BCUT2D eigenvalue weighted by atomic mass is 9.71. The maximum atomic E-state index is 13.4. The summed E-state index contributed by atoms with van der Waals surface area (Å²) < 4.78 is 32.6. The Hall–Kier alpha value is -4.09. The molecule has 0 spiro atoms. The summed E-state index contributed by atoms with van der Waals surface area (Å²) in [6.07, 6.45) is 26.6. The third-order valence-electron chi connectivity index (χ3n) is 10.7. The highest BCUT2D eigenvalue weighted by Gasteiger charge is 2.42. The van der Waals surface area contributed by atoms with Crippen molar-refractivity contribution in [3.8, 4) is 0 Å². The molecule has 14 heteroatoms. The van der Waals surface area contributed by atoms with Gasteiger partial charge in [0.2, 0.25) is 5.76 Å². The van der Waals surface area contributed by atoms with Crippen LogP contribution in [0.3, 0.4) is 0 Å². The van der Waals surface area contributed by atoms with Gasteiger partial charge in [-0.05, 0) is 94.4 Å². The van der Waals surface area contributed by atoms with Crippen LogP contribution in [0.5, 0.6) is 0 Å². The Bertz CT molecular complexity index is 2070. The molecule has 3 aliphatic rings. The lowest BCUT2D eigenvalue weighted by Gasteiger charge is -2.37. The summed E-state index contributed by atoms with van der Waals surface area (Å²) in [6, 6.07) is 0. The number of cyclic esters (lactones) is 1. The molecule has 1 heterocycles. The van der Waals surface area contributed by atoms with E-state index in [-0.39, 0.29) is 35.4 Å². The van der Waals surface area contributed by atoms with E-state index in [1.54, 1.807) is 13.8 Å². The van der Waals surface area contributed by atoms with E-state index in [4.69, 9.17) is 27.4 Å². The van der Waals surface area contributed by atoms with Crippen LogP contribution in [0.4, 0.5) is 0 Å². The van der Waals surface area contributed by atoms with Gasteiger partial charge in [0.15, 0.2) is 23.4 Å². The van der Waals surface area contributed by atoms with Crippen LogP contribution in [0.2, 0.25) is 0 Å². The Kier molecular flexibility index (Phi) is 21.0. The fourth-order valence-electron chi connectivity index (χ4n) is 7.14. The van der Waals surface area contributed by atoms with E-state index in [9.17, 15) is 29.5 Å². The van der Waals surface area contributed by atoms with Crippen molar-refractivity contribution >= 4 is 34.7 Å². The smallest absolute Gasteiger partial charge is 0.377 e. The van der Waals surface area contributed by atoms with Crippen molar-refractivity contribution in [3.63, 3.8) is 0 Å². The van der Waals surface area contributed by atoms with Crippen molar-refractivity contribution in [2.45, 2.75) is 114 Å². The van der Waals surface area contributed by atoms with Crippen LogP contribution >= 0.6 is 17.2 Å². The molecule has 0 aromatic rings. The first-order valence-electron chi connectivity index (χ1n) is 21.0. The molecule has 2 aliphatic carbocycles. The van der Waals surface area contributed by atoms with Crippen molar-refractivity contribution in [2.75, 3.05) is 20.3 Å². The van der Waals surface area contributed by atoms with Gasteiger partial charge >= 0.3 is 23.2 Å². The number of rotatable bonds is 21. The molecular weight excluding hydrogens is 842 g/mol. The third kappa shape index (κ3) is 16.1. The highest BCUT2D eigenvalue weighted by molar-refractivity contribution is 7.41. The molecule has 0 aromatic heterocycles. The number of aliphatic hydroxyl groups excluding tert-OH is 2.